The van der Waals surface area contributed by atoms with Crippen LogP contribution in [-0.4, -0.2) is 20.4 Å². The Labute approximate surface area is 169 Å². The largest absolute Gasteiger partial charge is 0.322 e. The SMILES string of the molecule is Cc1nc2ncccc2c(=O)n1-c1cccc(NC(=O)c2c(F)cccc2Cl)c1. The zero-order valence-corrected chi connectivity index (χ0v) is 15.9. The van der Waals surface area contributed by atoms with Gasteiger partial charge in [-0.1, -0.05) is 23.7 Å². The lowest BCUT2D eigenvalue weighted by Crippen LogP contribution is -2.23. The van der Waals surface area contributed by atoms with Crippen molar-refractivity contribution in [1.29, 1.82) is 0 Å². The van der Waals surface area contributed by atoms with E-state index in [1.54, 1.807) is 49.5 Å². The summed E-state index contributed by atoms with van der Waals surface area (Å²) in [5.41, 5.74) is 0.727. The van der Waals surface area contributed by atoms with Gasteiger partial charge in [0.1, 0.15) is 11.6 Å². The van der Waals surface area contributed by atoms with E-state index in [2.05, 4.69) is 15.3 Å². The van der Waals surface area contributed by atoms with Crippen molar-refractivity contribution in [2.75, 3.05) is 5.32 Å². The van der Waals surface area contributed by atoms with Crippen molar-refractivity contribution >= 4 is 34.2 Å². The first-order chi connectivity index (χ1) is 14.0. The number of carbonyl (C=O) groups is 1. The van der Waals surface area contributed by atoms with Gasteiger partial charge in [-0.05, 0) is 49.4 Å². The molecule has 0 radical (unpaired) electrons. The first kappa shape index (κ1) is 18.8. The van der Waals surface area contributed by atoms with Crippen molar-refractivity contribution in [3.8, 4) is 5.69 Å². The number of halogens is 2. The molecule has 6 nitrogen and oxygen atoms in total. The lowest BCUT2D eigenvalue weighted by atomic mass is 10.2. The van der Waals surface area contributed by atoms with E-state index in [9.17, 15) is 14.0 Å². The molecule has 2 aromatic carbocycles. The number of nitrogens with zero attached hydrogens (tertiary/aromatic N) is 3. The summed E-state index contributed by atoms with van der Waals surface area (Å²) in [6.45, 7) is 1.69. The van der Waals surface area contributed by atoms with E-state index >= 15 is 0 Å². The molecule has 144 valence electrons. The summed E-state index contributed by atoms with van der Waals surface area (Å²) in [6, 6.07) is 14.0. The van der Waals surface area contributed by atoms with Crippen LogP contribution in [0, 0.1) is 12.7 Å². The van der Waals surface area contributed by atoms with Gasteiger partial charge in [-0.3, -0.25) is 14.2 Å². The number of aromatic nitrogens is 3. The molecule has 1 amide bonds. The Morgan fingerprint density at radius 3 is 2.72 bits per heavy atom. The third-order valence-electron chi connectivity index (χ3n) is 4.36. The highest BCUT2D eigenvalue weighted by Gasteiger charge is 2.16. The third-order valence-corrected chi connectivity index (χ3v) is 4.68. The van der Waals surface area contributed by atoms with E-state index in [0.717, 1.165) is 6.07 Å². The molecule has 0 bridgehead atoms. The van der Waals surface area contributed by atoms with E-state index in [-0.39, 0.29) is 16.1 Å². The molecule has 0 unspecified atom stereocenters. The quantitative estimate of drug-likeness (QED) is 0.553. The molecule has 4 rings (SSSR count). The van der Waals surface area contributed by atoms with Crippen LogP contribution in [0.15, 0.2) is 65.6 Å². The van der Waals surface area contributed by atoms with Crippen LogP contribution in [0.4, 0.5) is 10.1 Å². The number of benzene rings is 2. The fourth-order valence-electron chi connectivity index (χ4n) is 3.06. The smallest absolute Gasteiger partial charge is 0.267 e. The van der Waals surface area contributed by atoms with Gasteiger partial charge in [0.25, 0.3) is 11.5 Å². The highest BCUT2D eigenvalue weighted by Crippen LogP contribution is 2.22. The van der Waals surface area contributed by atoms with Crippen LogP contribution in [0.3, 0.4) is 0 Å². The maximum Gasteiger partial charge on any atom is 0.267 e. The zero-order valence-electron chi connectivity index (χ0n) is 15.2. The van der Waals surface area contributed by atoms with Crippen LogP contribution in [0.2, 0.25) is 5.02 Å². The Morgan fingerprint density at radius 1 is 1.14 bits per heavy atom. The predicted octanol–water partition coefficient (Wildman–Crippen LogP) is 4.13. The second-order valence-corrected chi connectivity index (χ2v) is 6.68. The molecule has 0 saturated heterocycles. The molecule has 0 aliphatic heterocycles. The fourth-order valence-corrected chi connectivity index (χ4v) is 3.31. The first-order valence-electron chi connectivity index (χ1n) is 8.66. The predicted molar refractivity (Wildman–Crippen MR) is 109 cm³/mol. The average Bonchev–Trinajstić information content (AvgIpc) is 2.68. The minimum atomic E-state index is -0.718. The van der Waals surface area contributed by atoms with Crippen LogP contribution >= 0.6 is 11.6 Å². The van der Waals surface area contributed by atoms with E-state index in [1.165, 1.54) is 16.7 Å². The Kier molecular flexibility index (Phi) is 4.82. The van der Waals surface area contributed by atoms with Crippen LogP contribution in [0.1, 0.15) is 16.2 Å². The normalized spacial score (nSPS) is 10.9. The van der Waals surface area contributed by atoms with Gasteiger partial charge < -0.3 is 5.32 Å². The molecule has 4 aromatic rings. The highest BCUT2D eigenvalue weighted by atomic mass is 35.5. The molecule has 0 spiro atoms. The second-order valence-electron chi connectivity index (χ2n) is 6.28. The van der Waals surface area contributed by atoms with Crippen LogP contribution < -0.4 is 10.9 Å². The number of hydrogen-bond acceptors (Lipinski definition) is 4. The molecule has 0 aliphatic rings. The van der Waals surface area contributed by atoms with Gasteiger partial charge in [-0.15, -0.1) is 0 Å². The molecule has 2 heterocycles. The summed E-state index contributed by atoms with van der Waals surface area (Å²) in [4.78, 5) is 33.9. The molecular formula is C21H14ClFN4O2. The summed E-state index contributed by atoms with van der Waals surface area (Å²) in [5.74, 6) is -0.957. The van der Waals surface area contributed by atoms with Gasteiger partial charge in [0, 0.05) is 11.9 Å². The van der Waals surface area contributed by atoms with Crippen molar-refractivity contribution < 1.29 is 9.18 Å². The standard InChI is InChI=1S/C21H14ClFN4O2/c1-12-25-19-15(7-4-10-24-19)21(29)27(12)14-6-2-5-13(11-14)26-20(28)18-16(22)8-3-9-17(18)23/h2-11H,1H3,(H,26,28). The molecular weight excluding hydrogens is 395 g/mol. The Morgan fingerprint density at radius 2 is 1.93 bits per heavy atom. The van der Waals surface area contributed by atoms with Crippen molar-refractivity contribution in [2.45, 2.75) is 6.92 Å². The molecule has 0 aliphatic carbocycles. The molecule has 0 atom stereocenters. The number of fused-ring (bicyclic) bond motifs is 1. The van der Waals surface area contributed by atoms with E-state index < -0.39 is 11.7 Å². The third kappa shape index (κ3) is 3.48. The summed E-state index contributed by atoms with van der Waals surface area (Å²) in [5, 5.41) is 3.01. The molecule has 1 N–H and O–H groups in total. The summed E-state index contributed by atoms with van der Waals surface area (Å²) >= 11 is 5.95. The summed E-state index contributed by atoms with van der Waals surface area (Å²) in [6.07, 6.45) is 1.57. The van der Waals surface area contributed by atoms with Gasteiger partial charge in [0.2, 0.25) is 0 Å². The van der Waals surface area contributed by atoms with Crippen molar-refractivity contribution in [3.05, 3.63) is 93.4 Å². The fraction of sp³-hybridized carbons (Fsp3) is 0.0476. The van der Waals surface area contributed by atoms with E-state index in [0.29, 0.717) is 28.2 Å². The maximum atomic E-state index is 14.0. The number of anilines is 1. The number of amides is 1. The van der Waals surface area contributed by atoms with Gasteiger partial charge in [-0.25, -0.2) is 14.4 Å². The number of rotatable bonds is 3. The van der Waals surface area contributed by atoms with Crippen molar-refractivity contribution in [2.24, 2.45) is 0 Å². The second kappa shape index (κ2) is 7.44. The van der Waals surface area contributed by atoms with Gasteiger partial charge >= 0.3 is 0 Å². The monoisotopic (exact) mass is 408 g/mol. The summed E-state index contributed by atoms with van der Waals surface area (Å²) < 4.78 is 15.4. The average molecular weight is 409 g/mol. The van der Waals surface area contributed by atoms with Crippen LogP contribution in [-0.2, 0) is 0 Å². The van der Waals surface area contributed by atoms with Gasteiger partial charge in [0.15, 0.2) is 5.65 Å². The minimum Gasteiger partial charge on any atom is -0.322 e. The van der Waals surface area contributed by atoms with Gasteiger partial charge in [0.05, 0.1) is 21.7 Å². The zero-order chi connectivity index (χ0) is 20.5. The Balaban J connectivity index is 1.75. The van der Waals surface area contributed by atoms with E-state index in [1.807, 2.05) is 0 Å². The minimum absolute atomic E-state index is 0.0111. The number of aryl methyl sites for hydroxylation is 1. The molecule has 0 fully saturated rings. The number of nitrogens with one attached hydrogen (secondary N) is 1. The summed E-state index contributed by atoms with van der Waals surface area (Å²) in [7, 11) is 0. The van der Waals surface area contributed by atoms with Crippen LogP contribution in [0.25, 0.3) is 16.7 Å². The molecule has 2 aromatic heterocycles. The van der Waals surface area contributed by atoms with Crippen LogP contribution in [0.5, 0.6) is 0 Å². The van der Waals surface area contributed by atoms with Crippen molar-refractivity contribution in [1.82, 2.24) is 14.5 Å². The highest BCUT2D eigenvalue weighted by molar-refractivity contribution is 6.34. The van der Waals surface area contributed by atoms with Crippen molar-refractivity contribution in [3.63, 3.8) is 0 Å². The topological polar surface area (TPSA) is 76.9 Å². The molecule has 29 heavy (non-hydrogen) atoms. The molecule has 8 heteroatoms. The number of hydrogen-bond donors (Lipinski definition) is 1. The first-order valence-corrected chi connectivity index (χ1v) is 9.03. The van der Waals surface area contributed by atoms with E-state index in [4.69, 9.17) is 11.6 Å². The molecule has 0 saturated carbocycles. The maximum absolute atomic E-state index is 14.0. The lowest BCUT2D eigenvalue weighted by molar-refractivity contribution is 0.102. The lowest BCUT2D eigenvalue weighted by Gasteiger charge is -2.13. The Hall–Kier alpha value is -3.58. The van der Waals surface area contributed by atoms with Gasteiger partial charge in [-0.2, -0.15) is 0 Å². The number of carbonyl (C=O) groups excluding carboxylic acids is 1. The Bertz CT molecular complexity index is 1300. The number of pyridine rings is 1.